The van der Waals surface area contributed by atoms with Crippen LogP contribution in [0, 0.1) is 11.3 Å². The van der Waals surface area contributed by atoms with Gasteiger partial charge < -0.3 is 14.1 Å². The monoisotopic (exact) mass is 468 g/mol. The van der Waals surface area contributed by atoms with Gasteiger partial charge >= 0.3 is 0 Å². The summed E-state index contributed by atoms with van der Waals surface area (Å²) in [5.41, 5.74) is 1.35. The van der Waals surface area contributed by atoms with Gasteiger partial charge in [-0.3, -0.25) is 9.69 Å². The number of carbonyl (C=O) groups excluding carboxylic acids is 1. The van der Waals surface area contributed by atoms with Crippen molar-refractivity contribution in [2.24, 2.45) is 0 Å². The fourth-order valence-electron chi connectivity index (χ4n) is 3.79. The molecule has 0 radical (unpaired) electrons. The molecule has 0 N–H and O–H groups in total. The first-order valence-corrected chi connectivity index (χ1v) is 11.9. The highest BCUT2D eigenvalue weighted by molar-refractivity contribution is 8.26. The van der Waals surface area contributed by atoms with Crippen LogP contribution in [0.5, 0.6) is 5.75 Å². The SMILES string of the molecule is COc1ccc(CCN2C(=O)C(=Cc3nc(C#N)c(N4CCCCCC4)o3)SC2=S)cc1. The number of ether oxygens (including phenoxy) is 1. The van der Waals surface area contributed by atoms with Crippen LogP contribution in [-0.4, -0.2) is 46.9 Å². The molecule has 2 aliphatic rings. The Morgan fingerprint density at radius 1 is 1.25 bits per heavy atom. The highest BCUT2D eigenvalue weighted by Crippen LogP contribution is 2.34. The number of amides is 1. The lowest BCUT2D eigenvalue weighted by Gasteiger charge is -2.18. The van der Waals surface area contributed by atoms with Crippen LogP contribution in [0.3, 0.4) is 0 Å². The molecule has 0 aliphatic carbocycles. The third kappa shape index (κ3) is 4.97. The van der Waals surface area contributed by atoms with E-state index in [4.69, 9.17) is 21.4 Å². The van der Waals surface area contributed by atoms with Crippen LogP contribution in [0.15, 0.2) is 33.6 Å². The average Bonchev–Trinajstić information content (AvgIpc) is 3.19. The lowest BCUT2D eigenvalue weighted by atomic mass is 10.1. The Labute approximate surface area is 197 Å². The molecule has 7 nitrogen and oxygen atoms in total. The maximum atomic E-state index is 12.9. The van der Waals surface area contributed by atoms with Crippen molar-refractivity contribution in [3.63, 3.8) is 0 Å². The molecule has 0 unspecified atom stereocenters. The first-order valence-electron chi connectivity index (χ1n) is 10.6. The van der Waals surface area contributed by atoms with E-state index in [9.17, 15) is 10.1 Å². The highest BCUT2D eigenvalue weighted by Gasteiger charge is 2.32. The van der Waals surface area contributed by atoms with Gasteiger partial charge in [0.1, 0.15) is 16.1 Å². The van der Waals surface area contributed by atoms with Crippen molar-refractivity contribution in [2.45, 2.75) is 32.1 Å². The molecule has 2 aliphatic heterocycles. The molecule has 0 saturated carbocycles. The van der Waals surface area contributed by atoms with Gasteiger partial charge in [-0.05, 0) is 37.0 Å². The van der Waals surface area contributed by atoms with Gasteiger partial charge in [0.15, 0.2) is 0 Å². The van der Waals surface area contributed by atoms with Gasteiger partial charge in [0.25, 0.3) is 5.91 Å². The summed E-state index contributed by atoms with van der Waals surface area (Å²) < 4.78 is 11.6. The highest BCUT2D eigenvalue weighted by atomic mass is 32.2. The molecule has 166 valence electrons. The topological polar surface area (TPSA) is 82.6 Å². The van der Waals surface area contributed by atoms with Crippen LogP contribution in [0.25, 0.3) is 6.08 Å². The van der Waals surface area contributed by atoms with E-state index in [1.807, 2.05) is 24.3 Å². The van der Waals surface area contributed by atoms with Crippen molar-refractivity contribution in [3.8, 4) is 11.8 Å². The summed E-state index contributed by atoms with van der Waals surface area (Å²) >= 11 is 6.66. The van der Waals surface area contributed by atoms with E-state index in [-0.39, 0.29) is 17.5 Å². The van der Waals surface area contributed by atoms with Crippen LogP contribution in [-0.2, 0) is 11.2 Å². The summed E-state index contributed by atoms with van der Waals surface area (Å²) in [6.07, 6.45) is 6.76. The number of methoxy groups -OCH3 is 1. The van der Waals surface area contributed by atoms with Crippen molar-refractivity contribution in [1.82, 2.24) is 9.88 Å². The number of anilines is 1. The summed E-state index contributed by atoms with van der Waals surface area (Å²) in [5, 5.41) is 9.51. The summed E-state index contributed by atoms with van der Waals surface area (Å²) in [7, 11) is 1.63. The van der Waals surface area contributed by atoms with Gasteiger partial charge in [-0.15, -0.1) is 0 Å². The first kappa shape index (κ1) is 22.4. The zero-order chi connectivity index (χ0) is 22.5. The maximum absolute atomic E-state index is 12.9. The van der Waals surface area contributed by atoms with Crippen molar-refractivity contribution < 1.29 is 13.9 Å². The molecule has 32 heavy (non-hydrogen) atoms. The molecule has 1 amide bonds. The predicted octanol–water partition coefficient (Wildman–Crippen LogP) is 4.38. The number of rotatable bonds is 6. The minimum Gasteiger partial charge on any atom is -0.497 e. The number of thioether (sulfide) groups is 1. The Balaban J connectivity index is 1.46. The van der Waals surface area contributed by atoms with Crippen LogP contribution >= 0.6 is 24.0 Å². The summed E-state index contributed by atoms with van der Waals surface area (Å²) in [5.74, 6) is 1.39. The van der Waals surface area contributed by atoms with E-state index >= 15 is 0 Å². The average molecular weight is 469 g/mol. The van der Waals surface area contributed by atoms with E-state index in [0.717, 1.165) is 37.2 Å². The molecule has 3 heterocycles. The second kappa shape index (κ2) is 10.2. The molecule has 4 rings (SSSR count). The zero-order valence-electron chi connectivity index (χ0n) is 17.9. The Kier molecular flexibility index (Phi) is 7.12. The predicted molar refractivity (Wildman–Crippen MR) is 128 cm³/mol. The Hall–Kier alpha value is -2.83. The minimum absolute atomic E-state index is 0.165. The lowest BCUT2D eigenvalue weighted by molar-refractivity contribution is -0.122. The third-order valence-electron chi connectivity index (χ3n) is 5.54. The molecule has 9 heteroatoms. The fraction of sp³-hybridized carbons (Fsp3) is 0.391. The van der Waals surface area contributed by atoms with Crippen LogP contribution in [0.1, 0.15) is 42.8 Å². The Bertz CT molecular complexity index is 1060. The molecular formula is C23H24N4O3S2. The van der Waals surface area contributed by atoms with E-state index in [2.05, 4.69) is 16.0 Å². The first-order chi connectivity index (χ1) is 15.6. The normalized spacial score (nSPS) is 18.2. The van der Waals surface area contributed by atoms with Crippen LogP contribution < -0.4 is 9.64 Å². The zero-order valence-corrected chi connectivity index (χ0v) is 19.5. The lowest BCUT2D eigenvalue weighted by Crippen LogP contribution is -2.30. The van der Waals surface area contributed by atoms with E-state index in [1.54, 1.807) is 18.1 Å². The maximum Gasteiger partial charge on any atom is 0.266 e. The Morgan fingerprint density at radius 3 is 2.62 bits per heavy atom. The van der Waals surface area contributed by atoms with Gasteiger partial charge in [-0.25, -0.2) is 0 Å². The van der Waals surface area contributed by atoms with Crippen molar-refractivity contribution in [1.29, 1.82) is 5.26 Å². The van der Waals surface area contributed by atoms with Crippen LogP contribution in [0.2, 0.25) is 0 Å². The largest absolute Gasteiger partial charge is 0.497 e. The standard InChI is InChI=1S/C23H24N4O3S2/c1-29-17-8-6-16(7-9-17)10-13-27-21(28)19(32-23(27)31)14-20-25-18(15-24)22(30-20)26-11-4-2-3-5-12-26/h6-9,14H,2-5,10-13H2,1H3. The minimum atomic E-state index is -0.165. The van der Waals surface area contributed by atoms with Gasteiger partial charge in [0, 0.05) is 25.7 Å². The number of carbonyl (C=O) groups is 1. The number of benzene rings is 1. The summed E-state index contributed by atoms with van der Waals surface area (Å²) in [6, 6.07) is 9.88. The number of hydrogen-bond donors (Lipinski definition) is 0. The van der Waals surface area contributed by atoms with E-state index < -0.39 is 0 Å². The van der Waals surface area contributed by atoms with E-state index in [0.29, 0.717) is 28.1 Å². The molecule has 0 bridgehead atoms. The quantitative estimate of drug-likeness (QED) is 0.456. The van der Waals surface area contributed by atoms with Crippen LogP contribution in [0.4, 0.5) is 5.88 Å². The number of oxazole rings is 1. The number of nitriles is 1. The van der Waals surface area contributed by atoms with Gasteiger partial charge in [-0.1, -0.05) is 49.0 Å². The number of aromatic nitrogens is 1. The van der Waals surface area contributed by atoms with Crippen molar-refractivity contribution >= 4 is 46.2 Å². The molecule has 2 saturated heterocycles. The second-order valence-corrected chi connectivity index (χ2v) is 9.33. The number of hydrogen-bond acceptors (Lipinski definition) is 8. The second-order valence-electron chi connectivity index (χ2n) is 7.65. The summed E-state index contributed by atoms with van der Waals surface area (Å²) in [6.45, 7) is 2.18. The van der Waals surface area contributed by atoms with Crippen molar-refractivity contribution in [2.75, 3.05) is 31.6 Å². The Morgan fingerprint density at radius 2 is 1.97 bits per heavy atom. The molecule has 1 aromatic heterocycles. The summed E-state index contributed by atoms with van der Waals surface area (Å²) in [4.78, 5) is 21.4. The molecule has 0 atom stereocenters. The van der Waals surface area contributed by atoms with Gasteiger partial charge in [0.2, 0.25) is 17.5 Å². The fourth-order valence-corrected chi connectivity index (χ4v) is 5.06. The van der Waals surface area contributed by atoms with E-state index in [1.165, 1.54) is 24.6 Å². The third-order valence-corrected chi connectivity index (χ3v) is 6.91. The molecule has 0 spiro atoms. The number of thiocarbonyl (C=S) groups is 1. The smallest absolute Gasteiger partial charge is 0.266 e. The van der Waals surface area contributed by atoms with Gasteiger partial charge in [0.05, 0.1) is 12.0 Å². The molecule has 2 aromatic rings. The molecule has 2 fully saturated rings. The molecule has 1 aromatic carbocycles. The number of nitrogens with zero attached hydrogens (tertiary/aromatic N) is 4. The van der Waals surface area contributed by atoms with Gasteiger partial charge in [-0.2, -0.15) is 10.2 Å². The van der Waals surface area contributed by atoms with Crippen molar-refractivity contribution in [3.05, 3.63) is 46.3 Å². The molecular weight excluding hydrogens is 444 g/mol.